The molecule has 2 amide bonds. The topological polar surface area (TPSA) is 75.2 Å². The van der Waals surface area contributed by atoms with Gasteiger partial charge in [0.1, 0.15) is 0 Å². The molecule has 1 aliphatic heterocycles. The standard InChI is InChI=1S/C19H20N4O2/c1-14(22-18(24)8-7-16-13-20-9-10-21-16)15-4-2-5-17(12-15)23-11-3-6-19(23)25/h2,4-5,7-10,12-14H,3,6,11H2,1H3,(H,22,24). The lowest BCUT2D eigenvalue weighted by Crippen LogP contribution is -2.26. The molecule has 1 aromatic carbocycles. The van der Waals surface area contributed by atoms with Crippen molar-refractivity contribution in [3.05, 3.63) is 60.2 Å². The predicted molar refractivity (Wildman–Crippen MR) is 95.7 cm³/mol. The third-order valence-electron chi connectivity index (χ3n) is 4.10. The number of anilines is 1. The first-order chi connectivity index (χ1) is 12.1. The van der Waals surface area contributed by atoms with E-state index in [1.165, 1.54) is 6.08 Å². The normalized spacial score (nSPS) is 15.6. The van der Waals surface area contributed by atoms with E-state index in [2.05, 4.69) is 15.3 Å². The summed E-state index contributed by atoms with van der Waals surface area (Å²) in [4.78, 5) is 33.8. The van der Waals surface area contributed by atoms with Gasteiger partial charge in [0, 0.05) is 37.1 Å². The van der Waals surface area contributed by atoms with Gasteiger partial charge in [0.2, 0.25) is 11.8 Å². The minimum absolute atomic E-state index is 0.153. The van der Waals surface area contributed by atoms with E-state index in [4.69, 9.17) is 0 Å². The molecule has 3 rings (SSSR count). The first-order valence-corrected chi connectivity index (χ1v) is 8.28. The number of aromatic nitrogens is 2. The Morgan fingerprint density at radius 2 is 2.24 bits per heavy atom. The van der Waals surface area contributed by atoms with E-state index in [-0.39, 0.29) is 17.9 Å². The molecule has 25 heavy (non-hydrogen) atoms. The number of nitrogens with zero attached hydrogens (tertiary/aromatic N) is 3. The lowest BCUT2D eigenvalue weighted by Gasteiger charge is -2.19. The number of nitrogens with one attached hydrogen (secondary N) is 1. The van der Waals surface area contributed by atoms with Crippen LogP contribution in [0.3, 0.4) is 0 Å². The quantitative estimate of drug-likeness (QED) is 0.851. The zero-order chi connectivity index (χ0) is 17.6. The van der Waals surface area contributed by atoms with E-state index >= 15 is 0 Å². The molecule has 1 saturated heterocycles. The Morgan fingerprint density at radius 1 is 1.36 bits per heavy atom. The number of benzene rings is 1. The first kappa shape index (κ1) is 16.8. The van der Waals surface area contributed by atoms with Gasteiger partial charge in [-0.25, -0.2) is 0 Å². The van der Waals surface area contributed by atoms with Crippen LogP contribution in [0.1, 0.15) is 37.1 Å². The van der Waals surface area contributed by atoms with Gasteiger partial charge >= 0.3 is 0 Å². The zero-order valence-electron chi connectivity index (χ0n) is 14.1. The minimum Gasteiger partial charge on any atom is -0.346 e. The fraction of sp³-hybridized carbons (Fsp3) is 0.263. The molecule has 1 aliphatic rings. The summed E-state index contributed by atoms with van der Waals surface area (Å²) >= 11 is 0. The molecule has 2 heterocycles. The third-order valence-corrected chi connectivity index (χ3v) is 4.10. The molecule has 6 nitrogen and oxygen atoms in total. The minimum atomic E-state index is -0.208. The Hall–Kier alpha value is -3.02. The van der Waals surface area contributed by atoms with Crippen LogP contribution in [-0.4, -0.2) is 28.3 Å². The average Bonchev–Trinajstić information content (AvgIpc) is 3.07. The third kappa shape index (κ3) is 4.29. The second kappa shape index (κ2) is 7.70. The van der Waals surface area contributed by atoms with Gasteiger partial charge in [-0.2, -0.15) is 0 Å². The average molecular weight is 336 g/mol. The Balaban J connectivity index is 1.64. The highest BCUT2D eigenvalue weighted by Gasteiger charge is 2.22. The highest BCUT2D eigenvalue weighted by Crippen LogP contribution is 2.24. The predicted octanol–water partition coefficient (Wildman–Crippen LogP) is 2.49. The maximum Gasteiger partial charge on any atom is 0.244 e. The van der Waals surface area contributed by atoms with Crippen LogP contribution in [0.4, 0.5) is 5.69 Å². The number of rotatable bonds is 5. The monoisotopic (exact) mass is 336 g/mol. The smallest absolute Gasteiger partial charge is 0.244 e. The maximum absolute atomic E-state index is 12.1. The van der Waals surface area contributed by atoms with Crippen molar-refractivity contribution in [3.8, 4) is 0 Å². The molecule has 0 saturated carbocycles. The molecule has 1 N–H and O–H groups in total. The molecule has 1 fully saturated rings. The van der Waals surface area contributed by atoms with Crippen molar-refractivity contribution in [3.63, 3.8) is 0 Å². The highest BCUT2D eigenvalue weighted by molar-refractivity contribution is 5.95. The zero-order valence-corrected chi connectivity index (χ0v) is 14.1. The van der Waals surface area contributed by atoms with E-state index in [0.717, 1.165) is 24.2 Å². The van der Waals surface area contributed by atoms with Crippen LogP contribution in [0.25, 0.3) is 6.08 Å². The summed E-state index contributed by atoms with van der Waals surface area (Å²) in [6.45, 7) is 2.67. The summed E-state index contributed by atoms with van der Waals surface area (Å²) in [5, 5.41) is 2.92. The van der Waals surface area contributed by atoms with Gasteiger partial charge in [0.15, 0.2) is 0 Å². The fourth-order valence-electron chi connectivity index (χ4n) is 2.79. The molecule has 128 valence electrons. The van der Waals surface area contributed by atoms with E-state index < -0.39 is 0 Å². The summed E-state index contributed by atoms with van der Waals surface area (Å²) in [5.74, 6) is -0.0541. The Labute approximate surface area is 146 Å². The van der Waals surface area contributed by atoms with E-state index in [1.54, 1.807) is 29.6 Å². The largest absolute Gasteiger partial charge is 0.346 e. The first-order valence-electron chi connectivity index (χ1n) is 8.28. The van der Waals surface area contributed by atoms with E-state index in [1.807, 2.05) is 31.2 Å². The molecular formula is C19H20N4O2. The molecule has 0 aliphatic carbocycles. The summed E-state index contributed by atoms with van der Waals surface area (Å²) in [6, 6.07) is 7.57. The molecule has 1 unspecified atom stereocenters. The van der Waals surface area contributed by atoms with Gasteiger partial charge in [0.05, 0.1) is 17.9 Å². The Kier molecular flexibility index (Phi) is 5.18. The molecule has 1 aromatic heterocycles. The summed E-state index contributed by atoms with van der Waals surface area (Å²) in [7, 11) is 0. The van der Waals surface area contributed by atoms with Crippen molar-refractivity contribution in [2.75, 3.05) is 11.4 Å². The van der Waals surface area contributed by atoms with Gasteiger partial charge in [0.25, 0.3) is 0 Å². The van der Waals surface area contributed by atoms with Gasteiger partial charge in [-0.05, 0) is 37.1 Å². The second-order valence-electron chi connectivity index (χ2n) is 5.94. The number of carbonyl (C=O) groups is 2. The van der Waals surface area contributed by atoms with Crippen molar-refractivity contribution < 1.29 is 9.59 Å². The number of amides is 2. The van der Waals surface area contributed by atoms with E-state index in [0.29, 0.717) is 12.1 Å². The van der Waals surface area contributed by atoms with Crippen molar-refractivity contribution in [1.82, 2.24) is 15.3 Å². The van der Waals surface area contributed by atoms with Crippen molar-refractivity contribution in [1.29, 1.82) is 0 Å². The highest BCUT2D eigenvalue weighted by atomic mass is 16.2. The Bertz CT molecular complexity index is 789. The lowest BCUT2D eigenvalue weighted by molar-refractivity contribution is -0.117. The fourth-order valence-corrected chi connectivity index (χ4v) is 2.79. The van der Waals surface area contributed by atoms with Crippen LogP contribution >= 0.6 is 0 Å². The molecule has 0 spiro atoms. The molecule has 6 heteroatoms. The lowest BCUT2D eigenvalue weighted by atomic mass is 10.1. The van der Waals surface area contributed by atoms with Crippen LogP contribution < -0.4 is 10.2 Å². The van der Waals surface area contributed by atoms with Crippen molar-refractivity contribution >= 4 is 23.6 Å². The van der Waals surface area contributed by atoms with Crippen LogP contribution in [-0.2, 0) is 9.59 Å². The van der Waals surface area contributed by atoms with Gasteiger partial charge in [-0.15, -0.1) is 0 Å². The van der Waals surface area contributed by atoms with Gasteiger partial charge in [-0.3, -0.25) is 19.6 Å². The Morgan fingerprint density at radius 3 is 2.96 bits per heavy atom. The van der Waals surface area contributed by atoms with Crippen molar-refractivity contribution in [2.45, 2.75) is 25.8 Å². The number of carbonyl (C=O) groups excluding carboxylic acids is 2. The SMILES string of the molecule is CC(NC(=O)C=Cc1cnccn1)c1cccc(N2CCCC2=O)c1. The molecular weight excluding hydrogens is 316 g/mol. The van der Waals surface area contributed by atoms with Crippen LogP contribution in [0.5, 0.6) is 0 Å². The number of hydrogen-bond donors (Lipinski definition) is 1. The maximum atomic E-state index is 12.1. The van der Waals surface area contributed by atoms with Crippen LogP contribution in [0.15, 0.2) is 48.9 Å². The van der Waals surface area contributed by atoms with Crippen LogP contribution in [0, 0.1) is 0 Å². The summed E-state index contributed by atoms with van der Waals surface area (Å²) < 4.78 is 0. The van der Waals surface area contributed by atoms with Crippen molar-refractivity contribution in [2.24, 2.45) is 0 Å². The molecule has 0 bridgehead atoms. The molecule has 0 radical (unpaired) electrons. The summed E-state index contributed by atoms with van der Waals surface area (Å²) in [5.41, 5.74) is 2.47. The molecule has 2 aromatic rings. The summed E-state index contributed by atoms with van der Waals surface area (Å²) in [6.07, 6.45) is 9.29. The van der Waals surface area contributed by atoms with Gasteiger partial charge in [-0.1, -0.05) is 12.1 Å². The second-order valence-corrected chi connectivity index (χ2v) is 5.94. The molecule has 1 atom stereocenters. The van der Waals surface area contributed by atoms with Crippen LogP contribution in [0.2, 0.25) is 0 Å². The number of hydrogen-bond acceptors (Lipinski definition) is 4. The van der Waals surface area contributed by atoms with Gasteiger partial charge < -0.3 is 10.2 Å². The van der Waals surface area contributed by atoms with E-state index in [9.17, 15) is 9.59 Å².